The van der Waals surface area contributed by atoms with E-state index in [0.29, 0.717) is 16.9 Å². The van der Waals surface area contributed by atoms with Gasteiger partial charge in [0.25, 0.3) is 10.0 Å². The lowest BCUT2D eigenvalue weighted by molar-refractivity contribution is 0.585. The Morgan fingerprint density at radius 1 is 1.21 bits per heavy atom. The summed E-state index contributed by atoms with van der Waals surface area (Å²) in [6.07, 6.45) is 4.18. The number of aromatic nitrogens is 4. The predicted molar refractivity (Wildman–Crippen MR) is 86.5 cm³/mol. The molecule has 2 heterocycles. The first kappa shape index (κ1) is 16.2. The van der Waals surface area contributed by atoms with Gasteiger partial charge in [0.15, 0.2) is 0 Å². The van der Waals surface area contributed by atoms with Gasteiger partial charge in [0.05, 0.1) is 30.3 Å². The molecule has 0 bridgehead atoms. The highest BCUT2D eigenvalue weighted by Gasteiger charge is 2.20. The maximum Gasteiger partial charge on any atom is 0.265 e. The van der Waals surface area contributed by atoms with E-state index in [4.69, 9.17) is 0 Å². The van der Waals surface area contributed by atoms with E-state index in [2.05, 4.69) is 14.9 Å². The van der Waals surface area contributed by atoms with Gasteiger partial charge < -0.3 is 0 Å². The molecule has 0 fully saturated rings. The monoisotopic (exact) mass is 349 g/mol. The summed E-state index contributed by atoms with van der Waals surface area (Å²) in [5.41, 5.74) is 1.30. The molecule has 0 unspecified atom stereocenters. The van der Waals surface area contributed by atoms with Gasteiger partial charge in [-0.1, -0.05) is 18.2 Å². The second kappa shape index (κ2) is 6.08. The molecule has 7 nitrogen and oxygen atoms in total. The van der Waals surface area contributed by atoms with Crippen LogP contribution in [0.3, 0.4) is 0 Å². The molecular formula is C15H16FN5O2S. The maximum atomic E-state index is 13.7. The van der Waals surface area contributed by atoms with Crippen LogP contribution >= 0.6 is 0 Å². The normalized spacial score (nSPS) is 11.6. The van der Waals surface area contributed by atoms with E-state index in [1.165, 1.54) is 34.0 Å². The van der Waals surface area contributed by atoms with Crippen LogP contribution in [-0.2, 0) is 23.6 Å². The number of benzene rings is 1. The molecule has 0 amide bonds. The van der Waals surface area contributed by atoms with Crippen molar-refractivity contribution in [1.29, 1.82) is 0 Å². The molecule has 0 radical (unpaired) electrons. The summed E-state index contributed by atoms with van der Waals surface area (Å²) < 4.78 is 43.8. The molecule has 0 aliphatic heterocycles. The van der Waals surface area contributed by atoms with E-state index < -0.39 is 10.0 Å². The molecule has 0 aliphatic rings. The van der Waals surface area contributed by atoms with Crippen molar-refractivity contribution in [3.63, 3.8) is 0 Å². The Labute approximate surface area is 138 Å². The van der Waals surface area contributed by atoms with E-state index in [9.17, 15) is 12.8 Å². The first-order valence-electron chi connectivity index (χ1n) is 7.14. The molecule has 1 aromatic carbocycles. The van der Waals surface area contributed by atoms with Crippen molar-refractivity contribution in [2.24, 2.45) is 7.05 Å². The molecule has 3 aromatic rings. The summed E-state index contributed by atoms with van der Waals surface area (Å²) in [7, 11) is -2.08. The van der Waals surface area contributed by atoms with Crippen molar-refractivity contribution in [3.8, 4) is 0 Å². The number of halogens is 1. The third kappa shape index (κ3) is 3.16. The number of nitrogens with zero attached hydrogens (tertiary/aromatic N) is 4. The van der Waals surface area contributed by atoms with E-state index >= 15 is 0 Å². The van der Waals surface area contributed by atoms with Crippen LogP contribution in [0.15, 0.2) is 47.8 Å². The summed E-state index contributed by atoms with van der Waals surface area (Å²) >= 11 is 0. The molecule has 0 atom stereocenters. The van der Waals surface area contributed by atoms with Crippen molar-refractivity contribution >= 4 is 15.7 Å². The van der Waals surface area contributed by atoms with Crippen LogP contribution in [-0.4, -0.2) is 28.0 Å². The average Bonchev–Trinajstić information content (AvgIpc) is 3.09. The lowest BCUT2D eigenvalue weighted by atomic mass is 10.2. The van der Waals surface area contributed by atoms with Crippen LogP contribution in [0.1, 0.15) is 11.3 Å². The Kier molecular flexibility index (Phi) is 4.10. The lowest BCUT2D eigenvalue weighted by Gasteiger charge is -2.05. The quantitative estimate of drug-likeness (QED) is 0.763. The smallest absolute Gasteiger partial charge is 0.265 e. The van der Waals surface area contributed by atoms with Crippen LogP contribution in [0.25, 0.3) is 0 Å². The van der Waals surface area contributed by atoms with Crippen molar-refractivity contribution < 1.29 is 12.8 Å². The van der Waals surface area contributed by atoms with Crippen LogP contribution in [0.2, 0.25) is 0 Å². The number of aryl methyl sites for hydroxylation is 1. The first-order chi connectivity index (χ1) is 11.4. The van der Waals surface area contributed by atoms with Gasteiger partial charge in [0, 0.05) is 18.8 Å². The third-order valence-electron chi connectivity index (χ3n) is 3.66. The van der Waals surface area contributed by atoms with Crippen LogP contribution < -0.4 is 4.72 Å². The minimum Gasteiger partial charge on any atom is -0.276 e. The van der Waals surface area contributed by atoms with E-state index in [1.54, 1.807) is 32.2 Å². The average molecular weight is 349 g/mol. The van der Waals surface area contributed by atoms with Crippen molar-refractivity contribution in [1.82, 2.24) is 19.6 Å². The van der Waals surface area contributed by atoms with Crippen molar-refractivity contribution in [2.75, 3.05) is 4.72 Å². The second-order valence-corrected chi connectivity index (χ2v) is 6.99. The van der Waals surface area contributed by atoms with Gasteiger partial charge in [-0.3, -0.25) is 14.1 Å². The minimum absolute atomic E-state index is 0.104. The SMILES string of the molecule is Cc1c(S(=O)(=O)Nc2cnn(Cc3ccccc3F)c2)cnn1C. The van der Waals surface area contributed by atoms with Gasteiger partial charge in [0.2, 0.25) is 0 Å². The largest absolute Gasteiger partial charge is 0.276 e. The van der Waals surface area contributed by atoms with Gasteiger partial charge in [0.1, 0.15) is 10.7 Å². The number of rotatable bonds is 5. The summed E-state index contributed by atoms with van der Waals surface area (Å²) in [5, 5.41) is 7.99. The van der Waals surface area contributed by atoms with Gasteiger partial charge in [-0.05, 0) is 13.0 Å². The van der Waals surface area contributed by atoms with E-state index in [0.717, 1.165) is 0 Å². The molecule has 0 saturated carbocycles. The standard InChI is InChI=1S/C15H16FN5O2S/c1-11-15(8-17-20(11)2)24(22,23)19-13-7-18-21(10-13)9-12-5-3-4-6-14(12)16/h3-8,10,19H,9H2,1-2H3. The molecule has 126 valence electrons. The van der Waals surface area contributed by atoms with Gasteiger partial charge in [-0.25, -0.2) is 12.8 Å². The first-order valence-corrected chi connectivity index (χ1v) is 8.62. The number of sulfonamides is 1. The lowest BCUT2D eigenvalue weighted by Crippen LogP contribution is -2.13. The molecule has 0 spiro atoms. The van der Waals surface area contributed by atoms with Gasteiger partial charge >= 0.3 is 0 Å². The molecule has 9 heteroatoms. The highest BCUT2D eigenvalue weighted by Crippen LogP contribution is 2.18. The minimum atomic E-state index is -3.75. The predicted octanol–water partition coefficient (Wildman–Crippen LogP) is 1.91. The van der Waals surface area contributed by atoms with Gasteiger partial charge in [-0.15, -0.1) is 0 Å². The Hall–Kier alpha value is -2.68. The number of nitrogens with one attached hydrogen (secondary N) is 1. The van der Waals surface area contributed by atoms with E-state index in [-0.39, 0.29) is 17.3 Å². The third-order valence-corrected chi connectivity index (χ3v) is 5.14. The fourth-order valence-electron chi connectivity index (χ4n) is 2.26. The van der Waals surface area contributed by atoms with Crippen LogP contribution in [0.4, 0.5) is 10.1 Å². The number of anilines is 1. The van der Waals surface area contributed by atoms with Crippen molar-refractivity contribution in [2.45, 2.75) is 18.4 Å². The topological polar surface area (TPSA) is 81.8 Å². The Balaban J connectivity index is 1.79. The van der Waals surface area contributed by atoms with Crippen LogP contribution in [0, 0.1) is 12.7 Å². The fraction of sp³-hybridized carbons (Fsp3) is 0.200. The summed E-state index contributed by atoms with van der Waals surface area (Å²) in [6, 6.07) is 6.36. The molecule has 3 rings (SSSR count). The molecule has 0 aliphatic carbocycles. The zero-order valence-electron chi connectivity index (χ0n) is 13.1. The number of hydrogen-bond donors (Lipinski definition) is 1. The summed E-state index contributed by atoms with van der Waals surface area (Å²) in [4.78, 5) is 0.104. The zero-order chi connectivity index (χ0) is 17.3. The maximum absolute atomic E-state index is 13.7. The van der Waals surface area contributed by atoms with Crippen LogP contribution in [0.5, 0.6) is 0 Å². The van der Waals surface area contributed by atoms with Gasteiger partial charge in [-0.2, -0.15) is 10.2 Å². The zero-order valence-corrected chi connectivity index (χ0v) is 14.0. The Bertz CT molecular complexity index is 977. The fourth-order valence-corrected chi connectivity index (χ4v) is 3.49. The summed E-state index contributed by atoms with van der Waals surface area (Å²) in [6.45, 7) is 1.88. The number of hydrogen-bond acceptors (Lipinski definition) is 4. The molecule has 1 N–H and O–H groups in total. The van der Waals surface area contributed by atoms with E-state index in [1.807, 2.05) is 0 Å². The molecule has 24 heavy (non-hydrogen) atoms. The molecule has 0 saturated heterocycles. The highest BCUT2D eigenvalue weighted by molar-refractivity contribution is 7.92. The Morgan fingerprint density at radius 3 is 2.62 bits per heavy atom. The molecule has 2 aromatic heterocycles. The Morgan fingerprint density at radius 2 is 1.96 bits per heavy atom. The second-order valence-electron chi connectivity index (χ2n) is 5.34. The summed E-state index contributed by atoms with van der Waals surface area (Å²) in [5.74, 6) is -0.332. The molecular weight excluding hydrogens is 333 g/mol. The highest BCUT2D eigenvalue weighted by atomic mass is 32.2. The van der Waals surface area contributed by atoms with Crippen molar-refractivity contribution in [3.05, 3.63) is 59.9 Å².